The van der Waals surface area contributed by atoms with E-state index in [1.165, 1.54) is 12.1 Å². The molecule has 0 fully saturated rings. The Hall–Kier alpha value is -4.37. The van der Waals surface area contributed by atoms with Gasteiger partial charge in [-0.1, -0.05) is 44.2 Å². The Morgan fingerprint density at radius 1 is 1.06 bits per heavy atom. The molecule has 35 heavy (non-hydrogen) atoms. The standard InChI is InChI=1S/C29H24FNO4/c1-18(2)17-34-28-21(5-4-6-26(28)33-3)11-14-25-27(20-9-7-19(16-31)8-10-20)23-13-12-22(30)15-24(23)29(32)35-25/h4-15,18H,17H2,1-3H3. The molecule has 0 bridgehead atoms. The lowest BCUT2D eigenvalue weighted by Gasteiger charge is -2.15. The Kier molecular flexibility index (Phi) is 6.98. The first-order valence-electron chi connectivity index (χ1n) is 11.2. The fourth-order valence-corrected chi connectivity index (χ4v) is 3.76. The van der Waals surface area contributed by atoms with E-state index in [9.17, 15) is 9.18 Å². The second-order valence-electron chi connectivity index (χ2n) is 8.42. The van der Waals surface area contributed by atoms with Crippen molar-refractivity contribution in [1.29, 1.82) is 5.26 Å². The van der Waals surface area contributed by atoms with Crippen molar-refractivity contribution in [2.45, 2.75) is 13.8 Å². The molecule has 5 nitrogen and oxygen atoms in total. The van der Waals surface area contributed by atoms with Crippen LogP contribution in [0.4, 0.5) is 4.39 Å². The van der Waals surface area contributed by atoms with Crippen molar-refractivity contribution in [3.8, 4) is 28.7 Å². The van der Waals surface area contributed by atoms with Crippen LogP contribution in [0.3, 0.4) is 0 Å². The molecule has 0 amide bonds. The quantitative estimate of drug-likeness (QED) is 0.302. The summed E-state index contributed by atoms with van der Waals surface area (Å²) in [4.78, 5) is 12.7. The first kappa shape index (κ1) is 23.8. The van der Waals surface area contributed by atoms with Gasteiger partial charge in [-0.2, -0.15) is 5.26 Å². The molecular formula is C29H24FNO4. The minimum atomic E-state index is -0.640. The number of benzene rings is 3. The van der Waals surface area contributed by atoms with Crippen LogP contribution in [0.15, 0.2) is 69.9 Å². The van der Waals surface area contributed by atoms with Crippen molar-refractivity contribution < 1.29 is 18.3 Å². The van der Waals surface area contributed by atoms with Gasteiger partial charge < -0.3 is 13.9 Å². The van der Waals surface area contributed by atoms with Crippen LogP contribution in [0.1, 0.15) is 30.7 Å². The van der Waals surface area contributed by atoms with Gasteiger partial charge in [0.05, 0.1) is 30.7 Å². The Morgan fingerprint density at radius 3 is 2.51 bits per heavy atom. The molecule has 0 N–H and O–H groups in total. The molecule has 3 aromatic carbocycles. The first-order chi connectivity index (χ1) is 16.9. The van der Waals surface area contributed by atoms with Crippen molar-refractivity contribution in [2.24, 2.45) is 5.92 Å². The molecule has 176 valence electrons. The molecule has 1 aromatic heterocycles. The van der Waals surface area contributed by atoms with Crippen molar-refractivity contribution in [1.82, 2.24) is 0 Å². The minimum absolute atomic E-state index is 0.142. The number of methoxy groups -OCH3 is 1. The molecule has 4 aromatic rings. The van der Waals surface area contributed by atoms with E-state index in [-0.39, 0.29) is 5.39 Å². The van der Waals surface area contributed by atoms with E-state index in [1.807, 2.05) is 18.2 Å². The zero-order chi connectivity index (χ0) is 24.9. The van der Waals surface area contributed by atoms with Gasteiger partial charge in [0, 0.05) is 16.5 Å². The van der Waals surface area contributed by atoms with Gasteiger partial charge in [-0.05, 0) is 54.0 Å². The Labute approximate surface area is 202 Å². The summed E-state index contributed by atoms with van der Waals surface area (Å²) in [6, 6.07) is 18.6. The number of nitriles is 1. The largest absolute Gasteiger partial charge is 0.493 e. The number of fused-ring (bicyclic) bond motifs is 1. The van der Waals surface area contributed by atoms with E-state index in [1.54, 1.807) is 49.6 Å². The zero-order valence-electron chi connectivity index (χ0n) is 19.7. The maximum atomic E-state index is 13.9. The summed E-state index contributed by atoms with van der Waals surface area (Å²) >= 11 is 0. The number of nitrogens with zero attached hydrogens (tertiary/aromatic N) is 1. The average Bonchev–Trinajstić information content (AvgIpc) is 2.86. The minimum Gasteiger partial charge on any atom is -0.493 e. The molecule has 1 heterocycles. The number of hydrogen-bond acceptors (Lipinski definition) is 5. The summed E-state index contributed by atoms with van der Waals surface area (Å²) in [5.74, 6) is 1.28. The summed E-state index contributed by atoms with van der Waals surface area (Å²) in [7, 11) is 1.58. The van der Waals surface area contributed by atoms with Crippen molar-refractivity contribution in [3.63, 3.8) is 0 Å². The monoisotopic (exact) mass is 469 g/mol. The molecule has 0 radical (unpaired) electrons. The average molecular weight is 470 g/mol. The third kappa shape index (κ3) is 5.10. The Balaban J connectivity index is 1.89. The zero-order valence-corrected chi connectivity index (χ0v) is 19.7. The van der Waals surface area contributed by atoms with E-state index < -0.39 is 11.4 Å². The number of para-hydroxylation sites is 1. The maximum Gasteiger partial charge on any atom is 0.344 e. The third-order valence-electron chi connectivity index (χ3n) is 5.43. The SMILES string of the molecule is COc1cccc(C=Cc2oc(=O)c3cc(F)ccc3c2-c2ccc(C#N)cc2)c1OCC(C)C. The predicted molar refractivity (Wildman–Crippen MR) is 135 cm³/mol. The smallest absolute Gasteiger partial charge is 0.344 e. The molecule has 0 unspecified atom stereocenters. The van der Waals surface area contributed by atoms with Crippen LogP contribution in [-0.2, 0) is 0 Å². The van der Waals surface area contributed by atoms with E-state index in [0.717, 1.165) is 11.1 Å². The number of ether oxygens (including phenoxy) is 2. The highest BCUT2D eigenvalue weighted by Gasteiger charge is 2.16. The Morgan fingerprint density at radius 2 is 1.83 bits per heavy atom. The lowest BCUT2D eigenvalue weighted by Crippen LogP contribution is -2.06. The van der Waals surface area contributed by atoms with Crippen LogP contribution in [-0.4, -0.2) is 13.7 Å². The maximum absolute atomic E-state index is 13.9. The van der Waals surface area contributed by atoms with Gasteiger partial charge >= 0.3 is 5.63 Å². The van der Waals surface area contributed by atoms with Crippen LogP contribution in [0.5, 0.6) is 11.5 Å². The molecule has 0 aliphatic heterocycles. The second kappa shape index (κ2) is 10.3. The number of hydrogen-bond donors (Lipinski definition) is 0. The lowest BCUT2D eigenvalue weighted by atomic mass is 9.97. The molecule has 0 aliphatic rings. The Bertz CT molecular complexity index is 1490. The van der Waals surface area contributed by atoms with Crippen LogP contribution in [0, 0.1) is 23.1 Å². The summed E-state index contributed by atoms with van der Waals surface area (Å²) in [6.45, 7) is 4.62. The molecule has 0 saturated heterocycles. The van der Waals surface area contributed by atoms with Gasteiger partial charge in [-0.15, -0.1) is 0 Å². The number of halogens is 1. The number of rotatable bonds is 7. The van der Waals surface area contributed by atoms with E-state index >= 15 is 0 Å². The van der Waals surface area contributed by atoms with Gasteiger partial charge in [-0.3, -0.25) is 0 Å². The second-order valence-corrected chi connectivity index (χ2v) is 8.42. The van der Waals surface area contributed by atoms with E-state index in [0.29, 0.717) is 46.3 Å². The summed E-state index contributed by atoms with van der Waals surface area (Å²) < 4.78 is 31.1. The molecular weight excluding hydrogens is 445 g/mol. The fraction of sp³-hybridized carbons (Fsp3) is 0.172. The topological polar surface area (TPSA) is 72.5 Å². The summed E-state index contributed by atoms with van der Waals surface area (Å²) in [5.41, 5.74) is 1.96. The first-order valence-corrected chi connectivity index (χ1v) is 11.2. The van der Waals surface area contributed by atoms with Gasteiger partial charge in [0.1, 0.15) is 11.6 Å². The molecule has 6 heteroatoms. The van der Waals surface area contributed by atoms with Crippen molar-refractivity contribution >= 4 is 22.9 Å². The van der Waals surface area contributed by atoms with Gasteiger partial charge in [0.25, 0.3) is 0 Å². The highest BCUT2D eigenvalue weighted by molar-refractivity contribution is 5.99. The van der Waals surface area contributed by atoms with Crippen LogP contribution >= 0.6 is 0 Å². The molecule has 0 aliphatic carbocycles. The fourth-order valence-electron chi connectivity index (χ4n) is 3.76. The molecule has 0 saturated carbocycles. The predicted octanol–water partition coefficient (Wildman–Crippen LogP) is 6.68. The van der Waals surface area contributed by atoms with Crippen LogP contribution < -0.4 is 15.1 Å². The highest BCUT2D eigenvalue weighted by atomic mass is 19.1. The van der Waals surface area contributed by atoms with Gasteiger partial charge in [0.2, 0.25) is 0 Å². The van der Waals surface area contributed by atoms with Crippen molar-refractivity contribution in [3.05, 3.63) is 93.8 Å². The molecule has 0 atom stereocenters. The lowest BCUT2D eigenvalue weighted by molar-refractivity contribution is 0.256. The van der Waals surface area contributed by atoms with Crippen LogP contribution in [0.2, 0.25) is 0 Å². The van der Waals surface area contributed by atoms with E-state index in [2.05, 4.69) is 19.9 Å². The summed E-state index contributed by atoms with van der Waals surface area (Å²) in [6.07, 6.45) is 3.48. The van der Waals surface area contributed by atoms with Crippen LogP contribution in [0.25, 0.3) is 34.1 Å². The van der Waals surface area contributed by atoms with E-state index in [4.69, 9.17) is 19.2 Å². The highest BCUT2D eigenvalue weighted by Crippen LogP contribution is 2.35. The molecule has 4 rings (SSSR count). The normalized spacial score (nSPS) is 11.2. The van der Waals surface area contributed by atoms with Crippen molar-refractivity contribution in [2.75, 3.05) is 13.7 Å². The summed E-state index contributed by atoms with van der Waals surface area (Å²) in [5, 5.41) is 9.86. The molecule has 0 spiro atoms. The van der Waals surface area contributed by atoms with Gasteiger partial charge in [-0.25, -0.2) is 9.18 Å². The van der Waals surface area contributed by atoms with Gasteiger partial charge in [0.15, 0.2) is 11.5 Å². The third-order valence-corrected chi connectivity index (χ3v) is 5.43.